The zero-order valence-corrected chi connectivity index (χ0v) is 8.72. The van der Waals surface area contributed by atoms with Gasteiger partial charge in [0.05, 0.1) is 18.1 Å². The van der Waals surface area contributed by atoms with Gasteiger partial charge in [-0.25, -0.2) is 4.98 Å². The van der Waals surface area contributed by atoms with E-state index in [9.17, 15) is 0 Å². The van der Waals surface area contributed by atoms with Gasteiger partial charge in [0.2, 0.25) is 0 Å². The maximum atomic E-state index is 9.16. The predicted molar refractivity (Wildman–Crippen MR) is 53.9 cm³/mol. The first-order valence-electron chi connectivity index (χ1n) is 5.08. The highest BCUT2D eigenvalue weighted by Crippen LogP contribution is 2.15. The molecule has 0 atom stereocenters. The molecule has 2 heterocycles. The number of rotatable bonds is 3. The molecule has 0 amide bonds. The first-order chi connectivity index (χ1) is 6.66. The molecule has 1 aliphatic rings. The highest BCUT2D eigenvalue weighted by atomic mass is 16.3. The third kappa shape index (κ3) is 1.81. The van der Waals surface area contributed by atoms with Crippen LogP contribution in [-0.4, -0.2) is 38.8 Å². The van der Waals surface area contributed by atoms with Gasteiger partial charge in [-0.3, -0.25) is 4.90 Å². The average molecular weight is 195 g/mol. The van der Waals surface area contributed by atoms with E-state index in [-0.39, 0.29) is 6.10 Å². The van der Waals surface area contributed by atoms with Crippen LogP contribution in [-0.2, 0) is 6.54 Å². The van der Waals surface area contributed by atoms with Crippen LogP contribution in [0.15, 0.2) is 12.5 Å². The second-order valence-corrected chi connectivity index (χ2v) is 4.23. The van der Waals surface area contributed by atoms with Gasteiger partial charge in [-0.15, -0.1) is 0 Å². The van der Waals surface area contributed by atoms with Crippen molar-refractivity contribution in [2.45, 2.75) is 32.5 Å². The molecular formula is C10H17N3O. The quantitative estimate of drug-likeness (QED) is 0.769. The molecule has 1 N–H and O–H groups in total. The molecular weight excluding hydrogens is 178 g/mol. The standard InChI is InChI=1S/C10H17N3O/c1-8(2)13-7-11-3-9(13)4-12-5-10(14)6-12/h3,7-8,10,14H,4-6H2,1-2H3. The van der Waals surface area contributed by atoms with E-state index >= 15 is 0 Å². The Morgan fingerprint density at radius 2 is 2.29 bits per heavy atom. The van der Waals surface area contributed by atoms with E-state index in [1.54, 1.807) is 0 Å². The highest BCUT2D eigenvalue weighted by molar-refractivity contribution is 5.01. The third-order valence-electron chi connectivity index (χ3n) is 2.63. The van der Waals surface area contributed by atoms with Crippen LogP contribution in [0.3, 0.4) is 0 Å². The number of imidazole rings is 1. The predicted octanol–water partition coefficient (Wildman–Crippen LogP) is 0.641. The molecule has 1 saturated heterocycles. The maximum Gasteiger partial charge on any atom is 0.0951 e. The molecule has 14 heavy (non-hydrogen) atoms. The number of aliphatic hydroxyl groups is 1. The lowest BCUT2D eigenvalue weighted by Gasteiger charge is -2.35. The highest BCUT2D eigenvalue weighted by Gasteiger charge is 2.25. The monoisotopic (exact) mass is 195 g/mol. The number of likely N-dealkylation sites (tertiary alicyclic amines) is 1. The third-order valence-corrected chi connectivity index (χ3v) is 2.63. The molecule has 2 rings (SSSR count). The first kappa shape index (κ1) is 9.68. The largest absolute Gasteiger partial charge is 0.390 e. The Labute approximate surface area is 84.2 Å². The molecule has 1 aromatic rings. The summed E-state index contributed by atoms with van der Waals surface area (Å²) in [6.07, 6.45) is 3.66. The molecule has 1 fully saturated rings. The van der Waals surface area contributed by atoms with Gasteiger partial charge < -0.3 is 9.67 Å². The van der Waals surface area contributed by atoms with Gasteiger partial charge in [-0.05, 0) is 13.8 Å². The van der Waals surface area contributed by atoms with Crippen LogP contribution in [0.2, 0.25) is 0 Å². The van der Waals surface area contributed by atoms with Crippen molar-refractivity contribution in [2.24, 2.45) is 0 Å². The molecule has 0 bridgehead atoms. The molecule has 78 valence electrons. The van der Waals surface area contributed by atoms with Gasteiger partial charge in [0.25, 0.3) is 0 Å². The smallest absolute Gasteiger partial charge is 0.0951 e. The number of hydrogen-bond donors (Lipinski definition) is 1. The van der Waals surface area contributed by atoms with Gasteiger partial charge in [0.1, 0.15) is 0 Å². The summed E-state index contributed by atoms with van der Waals surface area (Å²) in [5, 5.41) is 9.16. The van der Waals surface area contributed by atoms with E-state index in [2.05, 4.69) is 28.3 Å². The van der Waals surface area contributed by atoms with E-state index in [0.29, 0.717) is 6.04 Å². The van der Waals surface area contributed by atoms with E-state index in [1.165, 1.54) is 5.69 Å². The van der Waals surface area contributed by atoms with E-state index in [4.69, 9.17) is 5.11 Å². The van der Waals surface area contributed by atoms with Gasteiger partial charge in [-0.2, -0.15) is 0 Å². The first-order valence-corrected chi connectivity index (χ1v) is 5.08. The minimum atomic E-state index is -0.120. The Balaban J connectivity index is 1.98. The lowest BCUT2D eigenvalue weighted by molar-refractivity contribution is -0.00422. The van der Waals surface area contributed by atoms with Crippen molar-refractivity contribution in [1.29, 1.82) is 0 Å². The van der Waals surface area contributed by atoms with Crippen molar-refractivity contribution in [1.82, 2.24) is 14.5 Å². The van der Waals surface area contributed by atoms with Gasteiger partial charge in [0.15, 0.2) is 0 Å². The summed E-state index contributed by atoms with van der Waals surface area (Å²) in [6, 6.07) is 0.457. The van der Waals surface area contributed by atoms with Crippen molar-refractivity contribution in [3.8, 4) is 0 Å². The topological polar surface area (TPSA) is 41.3 Å². The van der Waals surface area contributed by atoms with Gasteiger partial charge in [0, 0.05) is 31.9 Å². The molecule has 0 aromatic carbocycles. The number of nitrogens with zero attached hydrogens (tertiary/aromatic N) is 3. The summed E-state index contributed by atoms with van der Waals surface area (Å²) in [5.74, 6) is 0. The van der Waals surface area contributed by atoms with Crippen molar-refractivity contribution < 1.29 is 5.11 Å². The summed E-state index contributed by atoms with van der Waals surface area (Å²) < 4.78 is 2.17. The lowest BCUT2D eigenvalue weighted by atomic mass is 10.1. The van der Waals surface area contributed by atoms with Crippen molar-refractivity contribution in [3.05, 3.63) is 18.2 Å². The number of β-amino-alcohol motifs (C(OH)–C–C–N with tert-alkyl or cyclic N) is 1. The summed E-state index contributed by atoms with van der Waals surface area (Å²) in [5.41, 5.74) is 1.23. The zero-order chi connectivity index (χ0) is 10.1. The fourth-order valence-corrected chi connectivity index (χ4v) is 1.82. The molecule has 4 nitrogen and oxygen atoms in total. The fraction of sp³-hybridized carbons (Fsp3) is 0.700. The SMILES string of the molecule is CC(C)n1cncc1CN1CC(O)C1. The minimum Gasteiger partial charge on any atom is -0.390 e. The van der Waals surface area contributed by atoms with Crippen LogP contribution in [0.1, 0.15) is 25.6 Å². The number of aromatic nitrogens is 2. The zero-order valence-electron chi connectivity index (χ0n) is 8.72. The molecule has 0 radical (unpaired) electrons. The Bertz CT molecular complexity index is 302. The Kier molecular flexibility index (Phi) is 2.56. The van der Waals surface area contributed by atoms with Crippen molar-refractivity contribution >= 4 is 0 Å². The lowest BCUT2D eigenvalue weighted by Crippen LogP contribution is -2.50. The van der Waals surface area contributed by atoms with Crippen LogP contribution in [0.4, 0.5) is 0 Å². The second kappa shape index (κ2) is 3.71. The molecule has 0 spiro atoms. The Morgan fingerprint density at radius 3 is 2.86 bits per heavy atom. The molecule has 4 heteroatoms. The summed E-state index contributed by atoms with van der Waals surface area (Å²) in [7, 11) is 0. The molecule has 0 unspecified atom stereocenters. The van der Waals surface area contributed by atoms with Gasteiger partial charge in [-0.1, -0.05) is 0 Å². The Hall–Kier alpha value is -0.870. The summed E-state index contributed by atoms with van der Waals surface area (Å²) in [4.78, 5) is 6.37. The second-order valence-electron chi connectivity index (χ2n) is 4.23. The van der Waals surface area contributed by atoms with E-state index in [1.807, 2.05) is 12.5 Å². The number of aliphatic hydroxyl groups excluding tert-OH is 1. The van der Waals surface area contributed by atoms with Crippen LogP contribution in [0, 0.1) is 0 Å². The van der Waals surface area contributed by atoms with Gasteiger partial charge >= 0.3 is 0 Å². The van der Waals surface area contributed by atoms with Crippen molar-refractivity contribution in [2.75, 3.05) is 13.1 Å². The fourth-order valence-electron chi connectivity index (χ4n) is 1.82. The van der Waals surface area contributed by atoms with E-state index in [0.717, 1.165) is 19.6 Å². The number of hydrogen-bond acceptors (Lipinski definition) is 3. The van der Waals surface area contributed by atoms with Crippen LogP contribution < -0.4 is 0 Å². The molecule has 1 aromatic heterocycles. The maximum absolute atomic E-state index is 9.16. The molecule has 0 aliphatic carbocycles. The normalized spacial score (nSPS) is 18.9. The average Bonchev–Trinajstić information content (AvgIpc) is 2.49. The Morgan fingerprint density at radius 1 is 1.57 bits per heavy atom. The van der Waals surface area contributed by atoms with Crippen molar-refractivity contribution in [3.63, 3.8) is 0 Å². The summed E-state index contributed by atoms with van der Waals surface area (Å²) in [6.45, 7) is 6.79. The van der Waals surface area contributed by atoms with Crippen LogP contribution in [0.25, 0.3) is 0 Å². The minimum absolute atomic E-state index is 0.120. The van der Waals surface area contributed by atoms with E-state index < -0.39 is 0 Å². The molecule has 0 saturated carbocycles. The summed E-state index contributed by atoms with van der Waals surface area (Å²) >= 11 is 0. The van der Waals surface area contributed by atoms with Crippen LogP contribution in [0.5, 0.6) is 0 Å². The molecule has 1 aliphatic heterocycles. The van der Waals surface area contributed by atoms with Crippen LogP contribution >= 0.6 is 0 Å².